The van der Waals surface area contributed by atoms with Gasteiger partial charge in [0.2, 0.25) is 5.91 Å². The van der Waals surface area contributed by atoms with E-state index in [-0.39, 0.29) is 17.7 Å². The molecule has 0 fully saturated rings. The summed E-state index contributed by atoms with van der Waals surface area (Å²) in [4.78, 5) is 26.3. The molecule has 1 aliphatic carbocycles. The number of aromatic amines is 1. The molecule has 146 valence electrons. The molecule has 2 aromatic heterocycles. The highest BCUT2D eigenvalue weighted by Crippen LogP contribution is 2.45. The van der Waals surface area contributed by atoms with Gasteiger partial charge in [-0.05, 0) is 43.7 Å². The molecule has 0 aliphatic heterocycles. The molecule has 1 aliphatic rings. The number of fused-ring (bicyclic) bond motifs is 1. The Labute approximate surface area is 164 Å². The van der Waals surface area contributed by atoms with Crippen molar-refractivity contribution in [3.63, 3.8) is 0 Å². The lowest BCUT2D eigenvalue weighted by molar-refractivity contribution is -0.116. The zero-order valence-corrected chi connectivity index (χ0v) is 16.9. The van der Waals surface area contributed by atoms with Gasteiger partial charge >= 0.3 is 0 Å². The van der Waals surface area contributed by atoms with Crippen molar-refractivity contribution in [3.05, 3.63) is 34.0 Å². The van der Waals surface area contributed by atoms with Crippen molar-refractivity contribution >= 4 is 28.2 Å². The third-order valence-electron chi connectivity index (χ3n) is 4.93. The summed E-state index contributed by atoms with van der Waals surface area (Å²) >= 11 is 1.54. The largest absolute Gasteiger partial charge is 0.352 e. The summed E-state index contributed by atoms with van der Waals surface area (Å²) < 4.78 is 0. The van der Waals surface area contributed by atoms with Gasteiger partial charge in [-0.1, -0.05) is 20.3 Å². The van der Waals surface area contributed by atoms with Gasteiger partial charge in [0.15, 0.2) is 0 Å². The van der Waals surface area contributed by atoms with Crippen molar-refractivity contribution in [2.24, 2.45) is 0 Å². The normalized spacial score (nSPS) is 16.0. The molecule has 1 atom stereocenters. The molecule has 0 radical (unpaired) electrons. The quantitative estimate of drug-likeness (QED) is 0.592. The Morgan fingerprint density at radius 2 is 2.19 bits per heavy atom. The number of nitrogens with zero attached hydrogens (tertiary/aromatic N) is 1. The molecule has 0 saturated heterocycles. The van der Waals surface area contributed by atoms with E-state index in [1.165, 1.54) is 4.88 Å². The summed E-state index contributed by atoms with van der Waals surface area (Å²) in [5, 5.41) is 14.0. The molecule has 3 rings (SSSR count). The Kier molecular flexibility index (Phi) is 6.66. The standard InChI is InChI=1S/C20H28N4O2S/c1-3-5-11-21-19(26)17-14-9-6-8-13(15-10-12-22-24-15)18(14)27-20(17)23-16(25)7-4-2/h10,12-13H,3-9,11H2,1-2H3,(H,21,26)(H,22,24)(H,23,25). The van der Waals surface area contributed by atoms with Crippen LogP contribution in [0.5, 0.6) is 0 Å². The number of thiophene rings is 1. The van der Waals surface area contributed by atoms with Gasteiger partial charge in [0.25, 0.3) is 5.91 Å². The van der Waals surface area contributed by atoms with E-state index in [1.807, 2.05) is 19.2 Å². The molecule has 0 aromatic carbocycles. The predicted octanol–water partition coefficient (Wildman–Crippen LogP) is 4.21. The van der Waals surface area contributed by atoms with E-state index in [2.05, 4.69) is 27.8 Å². The molecule has 3 N–H and O–H groups in total. The minimum Gasteiger partial charge on any atom is -0.352 e. The van der Waals surface area contributed by atoms with Gasteiger partial charge in [-0.15, -0.1) is 11.3 Å². The van der Waals surface area contributed by atoms with Crippen LogP contribution in [0.4, 0.5) is 5.00 Å². The lowest BCUT2D eigenvalue weighted by atomic mass is 9.85. The Hall–Kier alpha value is -2.15. The zero-order chi connectivity index (χ0) is 19.2. The average molecular weight is 389 g/mol. The monoisotopic (exact) mass is 388 g/mol. The average Bonchev–Trinajstić information content (AvgIpc) is 3.29. The molecule has 2 aromatic rings. The SMILES string of the molecule is CCCCNC(=O)c1c(NC(=O)CCC)sc2c1CCCC2c1cc[nH]n1. The maximum Gasteiger partial charge on any atom is 0.254 e. The maximum atomic E-state index is 12.9. The number of anilines is 1. The van der Waals surface area contributed by atoms with Gasteiger partial charge in [0.05, 0.1) is 11.3 Å². The number of nitrogens with one attached hydrogen (secondary N) is 3. The van der Waals surface area contributed by atoms with Crippen LogP contribution >= 0.6 is 11.3 Å². The third kappa shape index (κ3) is 4.40. The fraction of sp³-hybridized carbons (Fsp3) is 0.550. The number of H-pyrrole nitrogens is 1. The van der Waals surface area contributed by atoms with Crippen molar-refractivity contribution < 1.29 is 9.59 Å². The summed E-state index contributed by atoms with van der Waals surface area (Å²) in [5.41, 5.74) is 2.75. The van der Waals surface area contributed by atoms with Crippen molar-refractivity contribution in [1.29, 1.82) is 0 Å². The van der Waals surface area contributed by atoms with Crippen molar-refractivity contribution in [2.75, 3.05) is 11.9 Å². The first kappa shape index (κ1) is 19.6. The Morgan fingerprint density at radius 3 is 2.89 bits per heavy atom. The van der Waals surface area contributed by atoms with Gasteiger partial charge in [-0.25, -0.2) is 0 Å². The number of carbonyl (C=O) groups is 2. The van der Waals surface area contributed by atoms with Crippen LogP contribution in [0, 0.1) is 0 Å². The van der Waals surface area contributed by atoms with E-state index in [9.17, 15) is 9.59 Å². The lowest BCUT2D eigenvalue weighted by Crippen LogP contribution is -2.27. The minimum atomic E-state index is -0.0737. The lowest BCUT2D eigenvalue weighted by Gasteiger charge is -2.21. The highest BCUT2D eigenvalue weighted by atomic mass is 32.1. The first-order chi connectivity index (χ1) is 13.2. The summed E-state index contributed by atoms with van der Waals surface area (Å²) in [6.45, 7) is 4.74. The molecule has 0 bridgehead atoms. The van der Waals surface area contributed by atoms with Crippen LogP contribution in [0.15, 0.2) is 12.3 Å². The van der Waals surface area contributed by atoms with Crippen LogP contribution in [-0.4, -0.2) is 28.6 Å². The Morgan fingerprint density at radius 1 is 1.33 bits per heavy atom. The molecule has 0 spiro atoms. The second-order valence-electron chi connectivity index (χ2n) is 7.00. The molecule has 0 saturated carbocycles. The number of hydrogen-bond acceptors (Lipinski definition) is 4. The van der Waals surface area contributed by atoms with E-state index in [0.29, 0.717) is 23.5 Å². The topological polar surface area (TPSA) is 86.9 Å². The first-order valence-corrected chi connectivity index (χ1v) is 10.7. The van der Waals surface area contributed by atoms with Gasteiger partial charge in [-0.3, -0.25) is 14.7 Å². The molecule has 7 heteroatoms. The number of rotatable bonds is 8. The van der Waals surface area contributed by atoms with E-state index in [4.69, 9.17) is 0 Å². The van der Waals surface area contributed by atoms with Crippen LogP contribution in [0.3, 0.4) is 0 Å². The number of unbranched alkanes of at least 4 members (excludes halogenated alkanes) is 1. The van der Waals surface area contributed by atoms with E-state index in [0.717, 1.165) is 49.8 Å². The van der Waals surface area contributed by atoms with Gasteiger partial charge < -0.3 is 10.6 Å². The van der Waals surface area contributed by atoms with Crippen LogP contribution in [0.2, 0.25) is 0 Å². The van der Waals surface area contributed by atoms with Crippen LogP contribution < -0.4 is 10.6 Å². The second-order valence-corrected chi connectivity index (χ2v) is 8.05. The minimum absolute atomic E-state index is 0.0324. The van der Waals surface area contributed by atoms with Crippen molar-refractivity contribution in [2.45, 2.75) is 64.7 Å². The van der Waals surface area contributed by atoms with E-state index < -0.39 is 0 Å². The van der Waals surface area contributed by atoms with Crippen molar-refractivity contribution in [1.82, 2.24) is 15.5 Å². The molecular formula is C20H28N4O2S. The fourth-order valence-electron chi connectivity index (χ4n) is 3.59. The maximum absolute atomic E-state index is 12.9. The molecule has 6 nitrogen and oxygen atoms in total. The van der Waals surface area contributed by atoms with Crippen LogP contribution in [0.1, 0.15) is 84.8 Å². The second kappa shape index (κ2) is 9.17. The highest BCUT2D eigenvalue weighted by Gasteiger charge is 2.32. The van der Waals surface area contributed by atoms with Crippen LogP contribution in [-0.2, 0) is 11.2 Å². The number of aromatic nitrogens is 2. The summed E-state index contributed by atoms with van der Waals surface area (Å²) in [5.74, 6) is 0.0782. The molecule has 2 amide bonds. The molecule has 27 heavy (non-hydrogen) atoms. The third-order valence-corrected chi connectivity index (χ3v) is 6.19. The Bertz CT molecular complexity index is 782. The predicted molar refractivity (Wildman–Crippen MR) is 108 cm³/mol. The smallest absolute Gasteiger partial charge is 0.254 e. The number of amides is 2. The van der Waals surface area contributed by atoms with E-state index in [1.54, 1.807) is 11.3 Å². The molecule has 2 heterocycles. The molecular weight excluding hydrogens is 360 g/mol. The van der Waals surface area contributed by atoms with Crippen LogP contribution in [0.25, 0.3) is 0 Å². The number of carbonyl (C=O) groups excluding carboxylic acids is 2. The fourth-order valence-corrected chi connectivity index (χ4v) is 5.00. The first-order valence-electron chi connectivity index (χ1n) is 9.88. The van der Waals surface area contributed by atoms with Gasteiger partial charge in [0.1, 0.15) is 5.00 Å². The Balaban J connectivity index is 1.96. The highest BCUT2D eigenvalue weighted by molar-refractivity contribution is 7.17. The zero-order valence-electron chi connectivity index (χ0n) is 16.1. The van der Waals surface area contributed by atoms with Gasteiger partial charge in [-0.2, -0.15) is 5.10 Å². The molecule has 1 unspecified atom stereocenters. The summed E-state index contributed by atoms with van der Waals surface area (Å²) in [6, 6.07) is 2.00. The van der Waals surface area contributed by atoms with E-state index >= 15 is 0 Å². The van der Waals surface area contributed by atoms with Crippen molar-refractivity contribution in [3.8, 4) is 0 Å². The number of hydrogen-bond donors (Lipinski definition) is 3. The van der Waals surface area contributed by atoms with Gasteiger partial charge in [0, 0.05) is 30.0 Å². The summed E-state index contributed by atoms with van der Waals surface area (Å²) in [6.07, 6.45) is 7.95. The summed E-state index contributed by atoms with van der Waals surface area (Å²) in [7, 11) is 0.